The largest absolute Gasteiger partial charge is 0.388 e. The summed E-state index contributed by atoms with van der Waals surface area (Å²) in [6, 6.07) is 9.62. The number of carbonyl (C=O) groups is 1. The molecule has 2 unspecified atom stereocenters. The van der Waals surface area contributed by atoms with Crippen LogP contribution in [0.5, 0.6) is 0 Å². The van der Waals surface area contributed by atoms with Crippen molar-refractivity contribution in [2.24, 2.45) is 0 Å². The number of aliphatic hydroxyl groups is 2. The summed E-state index contributed by atoms with van der Waals surface area (Å²) in [6.45, 7) is 0.702. The lowest BCUT2D eigenvalue weighted by Crippen LogP contribution is -2.49. The van der Waals surface area contributed by atoms with Crippen LogP contribution in [0.25, 0.3) is 0 Å². The summed E-state index contributed by atoms with van der Waals surface area (Å²) in [5, 5.41) is 20.9. The van der Waals surface area contributed by atoms with E-state index in [-0.39, 0.29) is 11.9 Å². The van der Waals surface area contributed by atoms with Crippen LogP contribution in [-0.4, -0.2) is 39.2 Å². The SMILES string of the molecule is O=C(N1CCCC1CC(O)c1ccccc1)C1(O)CCCC1. The fourth-order valence-electron chi connectivity index (χ4n) is 3.86. The van der Waals surface area contributed by atoms with E-state index in [0.717, 1.165) is 31.2 Å². The Hall–Kier alpha value is -1.39. The van der Waals surface area contributed by atoms with Crippen LogP contribution in [0.2, 0.25) is 0 Å². The Labute approximate surface area is 131 Å². The number of aliphatic hydroxyl groups excluding tert-OH is 1. The summed E-state index contributed by atoms with van der Waals surface area (Å²) < 4.78 is 0. The van der Waals surface area contributed by atoms with Gasteiger partial charge in [0.2, 0.25) is 0 Å². The van der Waals surface area contributed by atoms with Gasteiger partial charge >= 0.3 is 0 Å². The molecule has 4 nitrogen and oxygen atoms in total. The van der Waals surface area contributed by atoms with Crippen molar-refractivity contribution in [3.05, 3.63) is 35.9 Å². The van der Waals surface area contributed by atoms with E-state index in [1.807, 2.05) is 35.2 Å². The zero-order valence-electron chi connectivity index (χ0n) is 12.9. The number of nitrogens with zero attached hydrogens (tertiary/aromatic N) is 1. The van der Waals surface area contributed by atoms with Gasteiger partial charge in [-0.05, 0) is 50.5 Å². The molecule has 1 saturated carbocycles. The van der Waals surface area contributed by atoms with Crippen LogP contribution < -0.4 is 0 Å². The summed E-state index contributed by atoms with van der Waals surface area (Å²) in [7, 11) is 0. The molecule has 2 N–H and O–H groups in total. The number of likely N-dealkylation sites (tertiary alicyclic amines) is 1. The first-order valence-corrected chi connectivity index (χ1v) is 8.37. The summed E-state index contributed by atoms with van der Waals surface area (Å²) in [5.41, 5.74) is -0.262. The monoisotopic (exact) mass is 303 g/mol. The molecule has 1 heterocycles. The molecule has 4 heteroatoms. The van der Waals surface area contributed by atoms with E-state index in [1.165, 1.54) is 0 Å². The summed E-state index contributed by atoms with van der Waals surface area (Å²) in [4.78, 5) is 14.5. The van der Waals surface area contributed by atoms with E-state index in [4.69, 9.17) is 0 Å². The van der Waals surface area contributed by atoms with E-state index in [2.05, 4.69) is 0 Å². The molecule has 0 aromatic heterocycles. The molecule has 22 heavy (non-hydrogen) atoms. The van der Waals surface area contributed by atoms with Gasteiger partial charge in [0.15, 0.2) is 0 Å². The third kappa shape index (κ3) is 3.03. The van der Waals surface area contributed by atoms with Gasteiger partial charge in [0, 0.05) is 12.6 Å². The molecular weight excluding hydrogens is 278 g/mol. The Morgan fingerprint density at radius 3 is 2.59 bits per heavy atom. The average Bonchev–Trinajstić information content (AvgIpc) is 3.17. The molecule has 1 saturated heterocycles. The van der Waals surface area contributed by atoms with Crippen LogP contribution in [0.3, 0.4) is 0 Å². The van der Waals surface area contributed by atoms with E-state index in [9.17, 15) is 15.0 Å². The second-order valence-corrected chi connectivity index (χ2v) is 6.70. The average molecular weight is 303 g/mol. The smallest absolute Gasteiger partial charge is 0.254 e. The summed E-state index contributed by atoms with van der Waals surface area (Å²) in [6.07, 6.45) is 4.86. The second kappa shape index (κ2) is 6.39. The van der Waals surface area contributed by atoms with Gasteiger partial charge in [-0.1, -0.05) is 30.3 Å². The molecule has 2 aliphatic rings. The van der Waals surface area contributed by atoms with Crippen molar-refractivity contribution >= 4 is 5.91 Å². The van der Waals surface area contributed by atoms with Crippen LogP contribution >= 0.6 is 0 Å². The van der Waals surface area contributed by atoms with E-state index in [1.54, 1.807) is 0 Å². The zero-order valence-corrected chi connectivity index (χ0v) is 12.9. The van der Waals surface area contributed by atoms with Crippen LogP contribution in [-0.2, 0) is 4.79 Å². The highest BCUT2D eigenvalue weighted by Crippen LogP contribution is 2.35. The number of hydrogen-bond acceptors (Lipinski definition) is 3. The molecule has 1 aliphatic heterocycles. The number of rotatable bonds is 4. The molecule has 1 amide bonds. The predicted octanol–water partition coefficient (Wildman–Crippen LogP) is 2.41. The highest BCUT2D eigenvalue weighted by molar-refractivity contribution is 5.85. The van der Waals surface area contributed by atoms with Crippen LogP contribution in [0.4, 0.5) is 0 Å². The molecule has 1 aromatic carbocycles. The van der Waals surface area contributed by atoms with E-state index >= 15 is 0 Å². The Morgan fingerprint density at radius 2 is 1.91 bits per heavy atom. The van der Waals surface area contributed by atoms with E-state index in [0.29, 0.717) is 25.8 Å². The van der Waals surface area contributed by atoms with Gasteiger partial charge in [-0.2, -0.15) is 0 Å². The van der Waals surface area contributed by atoms with Gasteiger partial charge in [0.1, 0.15) is 5.60 Å². The maximum Gasteiger partial charge on any atom is 0.254 e. The Morgan fingerprint density at radius 1 is 1.23 bits per heavy atom. The lowest BCUT2D eigenvalue weighted by atomic mass is 9.97. The quantitative estimate of drug-likeness (QED) is 0.898. The minimum atomic E-state index is -1.15. The molecule has 0 spiro atoms. The van der Waals surface area contributed by atoms with Crippen LogP contribution in [0.1, 0.15) is 56.6 Å². The Balaban J connectivity index is 1.67. The number of hydrogen-bond donors (Lipinski definition) is 2. The van der Waals surface area contributed by atoms with E-state index < -0.39 is 11.7 Å². The molecule has 0 bridgehead atoms. The maximum absolute atomic E-state index is 12.7. The molecular formula is C18H25NO3. The number of benzene rings is 1. The Bertz CT molecular complexity index is 510. The van der Waals surface area contributed by atoms with Crippen molar-refractivity contribution in [2.75, 3.05) is 6.54 Å². The first kappa shape index (κ1) is 15.5. The summed E-state index contributed by atoms with van der Waals surface area (Å²) >= 11 is 0. The summed E-state index contributed by atoms with van der Waals surface area (Å²) in [5.74, 6) is -0.118. The van der Waals surface area contributed by atoms with Gasteiger partial charge in [-0.15, -0.1) is 0 Å². The third-order valence-electron chi connectivity index (χ3n) is 5.15. The zero-order chi connectivity index (χ0) is 15.6. The Kier molecular flexibility index (Phi) is 4.50. The molecule has 1 aromatic rings. The van der Waals surface area contributed by atoms with Crippen molar-refractivity contribution < 1.29 is 15.0 Å². The maximum atomic E-state index is 12.7. The molecule has 2 fully saturated rings. The molecule has 0 radical (unpaired) electrons. The van der Waals surface area contributed by atoms with Crippen molar-refractivity contribution in [1.82, 2.24) is 4.90 Å². The topological polar surface area (TPSA) is 60.8 Å². The highest BCUT2D eigenvalue weighted by atomic mass is 16.3. The molecule has 3 rings (SSSR count). The lowest BCUT2D eigenvalue weighted by molar-refractivity contribution is -0.152. The lowest BCUT2D eigenvalue weighted by Gasteiger charge is -2.33. The van der Waals surface area contributed by atoms with Crippen molar-refractivity contribution in [3.8, 4) is 0 Å². The van der Waals surface area contributed by atoms with Gasteiger partial charge < -0.3 is 15.1 Å². The molecule has 120 valence electrons. The van der Waals surface area contributed by atoms with Gasteiger partial charge in [0.25, 0.3) is 5.91 Å². The third-order valence-corrected chi connectivity index (χ3v) is 5.15. The van der Waals surface area contributed by atoms with Gasteiger partial charge in [0.05, 0.1) is 6.10 Å². The molecule has 2 atom stereocenters. The van der Waals surface area contributed by atoms with Gasteiger partial charge in [-0.3, -0.25) is 4.79 Å². The first-order valence-electron chi connectivity index (χ1n) is 8.37. The minimum Gasteiger partial charge on any atom is -0.388 e. The standard InChI is InChI=1S/C18H25NO3/c20-16(14-7-2-1-3-8-14)13-15-9-6-12-19(15)17(21)18(22)10-4-5-11-18/h1-3,7-8,15-16,20,22H,4-6,9-13H2. The van der Waals surface area contributed by atoms with Crippen LogP contribution in [0.15, 0.2) is 30.3 Å². The van der Waals surface area contributed by atoms with Crippen molar-refractivity contribution in [1.29, 1.82) is 0 Å². The molecule has 1 aliphatic carbocycles. The van der Waals surface area contributed by atoms with Crippen LogP contribution in [0, 0.1) is 0 Å². The second-order valence-electron chi connectivity index (χ2n) is 6.70. The number of carbonyl (C=O) groups excluding carboxylic acids is 1. The number of amides is 1. The first-order chi connectivity index (χ1) is 10.6. The minimum absolute atomic E-state index is 0.0346. The van der Waals surface area contributed by atoms with Crippen molar-refractivity contribution in [2.45, 2.75) is 62.7 Å². The van der Waals surface area contributed by atoms with Gasteiger partial charge in [-0.25, -0.2) is 0 Å². The van der Waals surface area contributed by atoms with Crippen molar-refractivity contribution in [3.63, 3.8) is 0 Å². The normalized spacial score (nSPS) is 25.4. The predicted molar refractivity (Wildman–Crippen MR) is 84.2 cm³/mol. The fourth-order valence-corrected chi connectivity index (χ4v) is 3.86. The fraction of sp³-hybridized carbons (Fsp3) is 0.611. The highest BCUT2D eigenvalue weighted by Gasteiger charge is 2.44.